The first-order valence-corrected chi connectivity index (χ1v) is 18.3. The minimum Gasteiger partial charge on any atom is -0.512 e. The summed E-state index contributed by atoms with van der Waals surface area (Å²) < 4.78 is 8.44. The molecular formula is C40H49IrN2O3S2-. The van der Waals surface area contributed by atoms with Crippen LogP contribution in [0.5, 0.6) is 0 Å². The second kappa shape index (κ2) is 16.2. The van der Waals surface area contributed by atoms with Gasteiger partial charge in [0, 0.05) is 63.4 Å². The Morgan fingerprint density at radius 3 is 2.23 bits per heavy atom. The van der Waals surface area contributed by atoms with Crippen molar-refractivity contribution in [2.24, 2.45) is 20.8 Å². The quantitative estimate of drug-likeness (QED) is 0.0500. The maximum absolute atomic E-state index is 12.2. The van der Waals surface area contributed by atoms with Crippen LogP contribution in [0.3, 0.4) is 0 Å². The number of hydrogen-bond donors (Lipinski definition) is 1. The molecule has 0 aliphatic heterocycles. The van der Waals surface area contributed by atoms with E-state index in [1.165, 1.54) is 37.6 Å². The Morgan fingerprint density at radius 1 is 0.938 bits per heavy atom. The van der Waals surface area contributed by atoms with Crippen LogP contribution in [-0.2, 0) is 30.3 Å². The Morgan fingerprint density at radius 2 is 1.60 bits per heavy atom. The molecule has 2 aromatic carbocycles. The van der Waals surface area contributed by atoms with E-state index >= 15 is 0 Å². The average Bonchev–Trinajstić information content (AvgIpc) is 3.79. The number of carbonyl (C=O) groups excluding carboxylic acids is 1. The van der Waals surface area contributed by atoms with E-state index in [-0.39, 0.29) is 47.9 Å². The van der Waals surface area contributed by atoms with E-state index in [9.17, 15) is 9.90 Å². The third-order valence-electron chi connectivity index (χ3n) is 9.67. The van der Waals surface area contributed by atoms with E-state index in [1.807, 2.05) is 53.7 Å². The number of furan rings is 1. The molecule has 0 amide bonds. The normalized spacial score (nSPS) is 13.1. The van der Waals surface area contributed by atoms with Gasteiger partial charge in [0.05, 0.1) is 0 Å². The minimum atomic E-state index is -0.337. The van der Waals surface area contributed by atoms with E-state index in [1.54, 1.807) is 28.9 Å². The summed E-state index contributed by atoms with van der Waals surface area (Å²) >= 11 is 3.56. The van der Waals surface area contributed by atoms with Gasteiger partial charge < -0.3 is 9.52 Å². The molecule has 8 heteroatoms. The number of hydrogen-bond acceptors (Lipinski definition) is 6. The molecule has 0 spiro atoms. The van der Waals surface area contributed by atoms with E-state index in [0.717, 1.165) is 47.6 Å². The van der Waals surface area contributed by atoms with E-state index in [4.69, 9.17) is 4.42 Å². The summed E-state index contributed by atoms with van der Waals surface area (Å²) in [6.45, 7) is 20.9. The zero-order valence-electron chi connectivity index (χ0n) is 29.9. The second-order valence-corrected chi connectivity index (χ2v) is 16.0. The molecule has 5 rings (SSSR count). The van der Waals surface area contributed by atoms with Crippen LogP contribution < -0.4 is 0 Å². The summed E-state index contributed by atoms with van der Waals surface area (Å²) in [5, 5.41) is 15.7. The second-order valence-electron chi connectivity index (χ2n) is 13.8. The first kappa shape index (κ1) is 39.5. The molecule has 3 aromatic heterocycles. The van der Waals surface area contributed by atoms with Crippen LogP contribution in [0.1, 0.15) is 104 Å². The van der Waals surface area contributed by atoms with Crippen molar-refractivity contribution < 1.29 is 34.4 Å². The number of aryl methyl sites for hydroxylation is 1. The molecule has 0 aliphatic rings. The van der Waals surface area contributed by atoms with Crippen molar-refractivity contribution in [3.63, 3.8) is 0 Å². The standard InChI is InChI=1S/C25H21N2OS2.C15H28O2.Ir/c1-15-9-19-18-12-23(28-21(18)5-6-22(19)30-15)27-14-26-13-16-10-17-7-8-29-24(17)20(11-16)25(2,3)4;1-7-14(5,8-2)12(16)11-13(17)15(6,9-3)10-4;/h5-9,11-14H,1-4H3;11,16H,7-10H2,1-6H3;/q-1;;/b26-13?,27-14-;12-11-;. The fourth-order valence-corrected chi connectivity index (χ4v) is 7.37. The minimum absolute atomic E-state index is 0. The van der Waals surface area contributed by atoms with Crippen molar-refractivity contribution in [2.45, 2.75) is 100 Å². The number of allylic oxidation sites excluding steroid dienone is 2. The molecule has 5 aromatic rings. The Bertz CT molecular complexity index is 1940. The fraction of sp³-hybridized carbons (Fsp3) is 0.425. The van der Waals surface area contributed by atoms with Crippen LogP contribution in [0.4, 0.5) is 5.88 Å². The molecule has 48 heavy (non-hydrogen) atoms. The van der Waals surface area contributed by atoms with E-state index in [0.29, 0.717) is 5.88 Å². The first-order chi connectivity index (χ1) is 22.2. The van der Waals surface area contributed by atoms with Crippen LogP contribution in [0.25, 0.3) is 31.1 Å². The third kappa shape index (κ3) is 8.81. The molecule has 0 saturated heterocycles. The number of fused-ring (bicyclic) bond motifs is 4. The number of aliphatic imine (C=N–C) groups is 2. The molecule has 0 bridgehead atoms. The van der Waals surface area contributed by atoms with Crippen LogP contribution in [-0.4, -0.2) is 23.4 Å². The Labute approximate surface area is 307 Å². The molecule has 0 unspecified atom stereocenters. The van der Waals surface area contributed by atoms with Crippen molar-refractivity contribution in [1.82, 2.24) is 0 Å². The zero-order valence-corrected chi connectivity index (χ0v) is 33.9. The maximum atomic E-state index is 12.2. The Hall–Kier alpha value is -2.90. The van der Waals surface area contributed by atoms with Gasteiger partial charge in [0.2, 0.25) is 5.88 Å². The van der Waals surface area contributed by atoms with Crippen molar-refractivity contribution in [2.75, 3.05) is 0 Å². The van der Waals surface area contributed by atoms with Gasteiger partial charge in [-0.15, -0.1) is 40.5 Å². The van der Waals surface area contributed by atoms with Crippen LogP contribution in [0.15, 0.2) is 68.0 Å². The predicted molar refractivity (Wildman–Crippen MR) is 205 cm³/mol. The van der Waals surface area contributed by atoms with Gasteiger partial charge in [0.1, 0.15) is 17.7 Å². The number of benzene rings is 2. The van der Waals surface area contributed by atoms with E-state index in [2.05, 4.69) is 73.4 Å². The van der Waals surface area contributed by atoms with Gasteiger partial charge in [-0.3, -0.25) is 9.79 Å². The molecule has 5 nitrogen and oxygen atoms in total. The number of aliphatic hydroxyl groups is 1. The molecule has 0 atom stereocenters. The molecule has 1 radical (unpaired) electrons. The van der Waals surface area contributed by atoms with Gasteiger partial charge in [-0.2, -0.15) is 11.3 Å². The SMILES string of the molecule is CCC(C)(CC)C(=O)/C=C(\O)C(C)(CC)CC.Cc1cc2c(ccc3oc(/N=C\N=Cc4[c-]c5ccsc5c(C(C)(C)C)c4)cc32)s1.[Ir]. The molecule has 0 aliphatic carbocycles. The van der Waals surface area contributed by atoms with Crippen molar-refractivity contribution in [3.8, 4) is 0 Å². The molecule has 1 N–H and O–H groups in total. The predicted octanol–water partition coefficient (Wildman–Crippen LogP) is 12.7. The topological polar surface area (TPSA) is 75.2 Å². The average molecular weight is 862 g/mol. The molecule has 3 heterocycles. The number of rotatable bonds is 10. The number of ketones is 1. The maximum Gasteiger partial charge on any atom is 0.221 e. The summed E-state index contributed by atoms with van der Waals surface area (Å²) in [6.07, 6.45) is 8.10. The van der Waals surface area contributed by atoms with Crippen LogP contribution >= 0.6 is 22.7 Å². The van der Waals surface area contributed by atoms with Crippen LogP contribution in [0.2, 0.25) is 0 Å². The molecule has 0 saturated carbocycles. The van der Waals surface area contributed by atoms with Crippen molar-refractivity contribution >= 4 is 78.0 Å². The van der Waals surface area contributed by atoms with Gasteiger partial charge in [-0.05, 0) is 72.5 Å². The zero-order chi connectivity index (χ0) is 34.6. The molecule has 259 valence electrons. The van der Waals surface area contributed by atoms with Crippen molar-refractivity contribution in [1.29, 1.82) is 0 Å². The number of aliphatic hydroxyl groups excluding tert-OH is 1. The number of nitrogens with zero attached hydrogens (tertiary/aromatic N) is 2. The third-order valence-corrected chi connectivity index (χ3v) is 11.6. The summed E-state index contributed by atoms with van der Waals surface area (Å²) in [7, 11) is 0. The fourth-order valence-electron chi connectivity index (χ4n) is 5.35. The summed E-state index contributed by atoms with van der Waals surface area (Å²) in [5.41, 5.74) is 2.58. The smallest absolute Gasteiger partial charge is 0.221 e. The monoisotopic (exact) mass is 862 g/mol. The van der Waals surface area contributed by atoms with Gasteiger partial charge in [-0.1, -0.05) is 67.9 Å². The van der Waals surface area contributed by atoms with E-state index < -0.39 is 0 Å². The largest absolute Gasteiger partial charge is 0.512 e. The van der Waals surface area contributed by atoms with Crippen LogP contribution in [0, 0.1) is 23.8 Å². The van der Waals surface area contributed by atoms with Crippen molar-refractivity contribution in [3.05, 3.63) is 75.7 Å². The first-order valence-electron chi connectivity index (χ1n) is 16.6. The number of thiophene rings is 2. The molecule has 0 fully saturated rings. The van der Waals surface area contributed by atoms with Gasteiger partial charge >= 0.3 is 0 Å². The van der Waals surface area contributed by atoms with Gasteiger partial charge in [0.25, 0.3) is 0 Å². The number of carbonyl (C=O) groups is 1. The molecular weight excluding hydrogens is 813 g/mol. The van der Waals surface area contributed by atoms with Gasteiger partial charge in [0.15, 0.2) is 5.78 Å². The summed E-state index contributed by atoms with van der Waals surface area (Å²) in [4.78, 5) is 22.3. The Balaban J connectivity index is 0.000000301. The summed E-state index contributed by atoms with van der Waals surface area (Å²) in [6, 6.07) is 16.0. The van der Waals surface area contributed by atoms with Gasteiger partial charge in [-0.25, -0.2) is 4.99 Å². The summed E-state index contributed by atoms with van der Waals surface area (Å²) in [5.74, 6) is 0.847. The Kier molecular flexibility index (Phi) is 13.3.